The zero-order valence-corrected chi connectivity index (χ0v) is 25.5. The number of hydrogen-bond acceptors (Lipinski definition) is 6. The molecule has 6 nitrogen and oxygen atoms in total. The Balaban J connectivity index is 1.33. The summed E-state index contributed by atoms with van der Waals surface area (Å²) >= 11 is 0. The quantitative estimate of drug-likeness (QED) is 0.182. The Morgan fingerprint density at radius 2 is 1.16 bits per heavy atom. The lowest BCUT2D eigenvalue weighted by Crippen LogP contribution is -2.22. The van der Waals surface area contributed by atoms with Crippen LogP contribution < -0.4 is 15.2 Å². The second-order valence-electron chi connectivity index (χ2n) is 11.7. The molecule has 218 valence electrons. The van der Waals surface area contributed by atoms with E-state index in [0.717, 1.165) is 22.3 Å². The fourth-order valence-corrected chi connectivity index (χ4v) is 5.09. The van der Waals surface area contributed by atoms with E-state index in [4.69, 9.17) is 20.5 Å². The third kappa shape index (κ3) is 6.28. The predicted molar refractivity (Wildman–Crippen MR) is 173 cm³/mol. The molecule has 0 heterocycles. The molecule has 5 aromatic carbocycles. The van der Waals surface area contributed by atoms with Crippen LogP contribution in [0.15, 0.2) is 97.1 Å². The zero-order valence-electron chi connectivity index (χ0n) is 25.5. The lowest BCUT2D eigenvalue weighted by atomic mass is 9.73. The SMILES string of the molecule is CC(C)(c1c#cc(Oc2ccc(N)c(C#N)c2)cc1)c1cccc(C(C)(C)c2ccc(Oc3ccc(C#N)c(C#N)c3)cc2)c1. The van der Waals surface area contributed by atoms with Crippen LogP contribution in [0, 0.1) is 46.1 Å². The lowest BCUT2D eigenvalue weighted by Gasteiger charge is -2.30. The summed E-state index contributed by atoms with van der Waals surface area (Å²) in [6.45, 7) is 8.70. The van der Waals surface area contributed by atoms with E-state index >= 15 is 0 Å². The van der Waals surface area contributed by atoms with Crippen LogP contribution in [0.25, 0.3) is 0 Å². The normalized spacial score (nSPS) is 11.0. The third-order valence-electron chi connectivity index (χ3n) is 8.12. The molecule has 0 saturated heterocycles. The van der Waals surface area contributed by atoms with E-state index in [1.165, 1.54) is 0 Å². The van der Waals surface area contributed by atoms with Crippen molar-refractivity contribution in [3.8, 4) is 41.2 Å². The molecule has 0 saturated carbocycles. The molecular formula is C39H30N4O2. The lowest BCUT2D eigenvalue weighted by molar-refractivity contribution is 0.481. The van der Waals surface area contributed by atoms with E-state index in [1.807, 2.05) is 48.5 Å². The van der Waals surface area contributed by atoms with Crippen LogP contribution in [0.5, 0.6) is 23.0 Å². The van der Waals surface area contributed by atoms with Crippen molar-refractivity contribution in [1.29, 1.82) is 15.8 Å². The molecule has 0 aliphatic carbocycles. The summed E-state index contributed by atoms with van der Waals surface area (Å²) in [7, 11) is 0. The van der Waals surface area contributed by atoms with Crippen LogP contribution >= 0.6 is 0 Å². The van der Waals surface area contributed by atoms with Crippen LogP contribution in [0.1, 0.15) is 66.6 Å². The fraction of sp³-hybridized carbons (Fsp3) is 0.154. The van der Waals surface area contributed by atoms with Gasteiger partial charge in [0.2, 0.25) is 0 Å². The number of rotatable bonds is 8. The highest BCUT2D eigenvalue weighted by Gasteiger charge is 2.28. The number of anilines is 1. The molecule has 0 bridgehead atoms. The van der Waals surface area contributed by atoms with Gasteiger partial charge in [-0.15, -0.1) is 0 Å². The number of nitrogens with two attached hydrogens (primary N) is 1. The first-order valence-corrected chi connectivity index (χ1v) is 14.3. The molecule has 0 unspecified atom stereocenters. The molecular weight excluding hydrogens is 556 g/mol. The van der Waals surface area contributed by atoms with Crippen molar-refractivity contribution < 1.29 is 9.47 Å². The van der Waals surface area contributed by atoms with Crippen LogP contribution in [0.2, 0.25) is 0 Å². The molecule has 0 amide bonds. The van der Waals surface area contributed by atoms with Crippen LogP contribution in [0.3, 0.4) is 0 Å². The van der Waals surface area contributed by atoms with Crippen LogP contribution in [-0.4, -0.2) is 0 Å². The molecule has 6 heteroatoms. The maximum absolute atomic E-state index is 9.31. The maximum Gasteiger partial charge on any atom is 0.177 e. The van der Waals surface area contributed by atoms with Gasteiger partial charge in [0.15, 0.2) is 5.75 Å². The first-order valence-electron chi connectivity index (χ1n) is 14.3. The van der Waals surface area contributed by atoms with E-state index in [9.17, 15) is 10.5 Å². The third-order valence-corrected chi connectivity index (χ3v) is 8.12. The zero-order chi connectivity index (χ0) is 32.2. The van der Waals surface area contributed by atoms with E-state index in [2.05, 4.69) is 70.2 Å². The Hall–Kier alpha value is -6.21. The maximum atomic E-state index is 9.31. The molecule has 0 fully saturated rings. The topological polar surface area (TPSA) is 116 Å². The van der Waals surface area contributed by atoms with Gasteiger partial charge in [-0.25, -0.2) is 0 Å². The standard InChI is InChI=1S/C39H30N4O2/c1-38(2,29-9-14-33(15-10-29)44-35-13-8-26(23-40)27(20-35)24-41)31-6-5-7-32(22-31)39(3,4)30-11-16-34(17-12-30)45-36-18-19-37(43)28(21-36)25-42/h5-11,13-16,18-22H,43H2,1-4H3. The first kappa shape index (κ1) is 30.3. The Morgan fingerprint density at radius 3 is 1.80 bits per heavy atom. The minimum absolute atomic E-state index is 0.281. The van der Waals surface area contributed by atoms with E-state index in [-0.39, 0.29) is 16.4 Å². The number of nitrogens with zero attached hydrogens (tertiary/aromatic N) is 3. The van der Waals surface area contributed by atoms with Gasteiger partial charge in [-0.05, 0) is 77.4 Å². The number of ether oxygens (including phenoxy) is 2. The highest BCUT2D eigenvalue weighted by molar-refractivity contribution is 5.57. The van der Waals surface area contributed by atoms with Gasteiger partial charge >= 0.3 is 0 Å². The average molecular weight is 587 g/mol. The second kappa shape index (κ2) is 12.2. The molecule has 0 aliphatic rings. The fourth-order valence-electron chi connectivity index (χ4n) is 5.09. The van der Waals surface area contributed by atoms with Crippen LogP contribution in [0.4, 0.5) is 5.69 Å². The smallest absolute Gasteiger partial charge is 0.177 e. The minimum atomic E-state index is -0.364. The summed E-state index contributed by atoms with van der Waals surface area (Å²) in [5, 5.41) is 27.7. The number of benzene rings is 4. The van der Waals surface area contributed by atoms with Crippen molar-refractivity contribution in [3.05, 3.63) is 148 Å². The summed E-state index contributed by atoms with van der Waals surface area (Å²) in [4.78, 5) is 0. The van der Waals surface area contributed by atoms with E-state index in [1.54, 1.807) is 36.4 Å². The molecule has 5 rings (SSSR count). The Kier molecular flexibility index (Phi) is 8.19. The van der Waals surface area contributed by atoms with Crippen molar-refractivity contribution in [2.24, 2.45) is 0 Å². The molecule has 2 N–H and O–H groups in total. The second-order valence-corrected chi connectivity index (χ2v) is 11.7. The van der Waals surface area contributed by atoms with Gasteiger partial charge in [0.1, 0.15) is 35.5 Å². The van der Waals surface area contributed by atoms with Crippen molar-refractivity contribution in [3.63, 3.8) is 0 Å². The van der Waals surface area contributed by atoms with Gasteiger partial charge in [0.05, 0.1) is 16.7 Å². The van der Waals surface area contributed by atoms with Crippen molar-refractivity contribution in [1.82, 2.24) is 0 Å². The van der Waals surface area contributed by atoms with Gasteiger partial charge in [0, 0.05) is 28.1 Å². The molecule has 0 aliphatic heterocycles. The van der Waals surface area contributed by atoms with Crippen molar-refractivity contribution in [2.75, 3.05) is 5.73 Å². The van der Waals surface area contributed by atoms with Crippen LogP contribution in [-0.2, 0) is 10.8 Å². The largest absolute Gasteiger partial charge is 0.457 e. The predicted octanol–water partition coefficient (Wildman–Crippen LogP) is 8.72. The molecule has 0 atom stereocenters. The van der Waals surface area contributed by atoms with Gasteiger partial charge in [-0.1, -0.05) is 70.2 Å². The average Bonchev–Trinajstić information content (AvgIpc) is 3.06. The summed E-state index contributed by atoms with van der Waals surface area (Å²) < 4.78 is 11.9. The highest BCUT2D eigenvalue weighted by Crippen LogP contribution is 2.38. The molecule has 5 aromatic rings. The molecule has 45 heavy (non-hydrogen) atoms. The minimum Gasteiger partial charge on any atom is -0.457 e. The monoisotopic (exact) mass is 586 g/mol. The number of nitriles is 3. The summed E-state index contributed by atoms with van der Waals surface area (Å²) in [5.74, 6) is 2.14. The van der Waals surface area contributed by atoms with Gasteiger partial charge in [-0.3, -0.25) is 0 Å². The number of hydrogen-bond donors (Lipinski definition) is 1. The molecule has 0 spiro atoms. The summed E-state index contributed by atoms with van der Waals surface area (Å²) in [5.41, 5.74) is 10.9. The first-order chi connectivity index (χ1) is 21.5. The Bertz CT molecular complexity index is 1990. The van der Waals surface area contributed by atoms with Gasteiger partial charge in [-0.2, -0.15) is 15.8 Å². The Labute approximate surface area is 264 Å². The summed E-state index contributed by atoms with van der Waals surface area (Å²) in [6.07, 6.45) is 0. The van der Waals surface area contributed by atoms with Gasteiger partial charge < -0.3 is 15.2 Å². The number of nitrogen functional groups attached to an aromatic ring is 1. The summed E-state index contributed by atoms with van der Waals surface area (Å²) in [6, 6.07) is 42.7. The highest BCUT2D eigenvalue weighted by atomic mass is 16.5. The van der Waals surface area contributed by atoms with Crippen molar-refractivity contribution in [2.45, 2.75) is 38.5 Å². The Morgan fingerprint density at radius 1 is 0.556 bits per heavy atom. The van der Waals surface area contributed by atoms with Gasteiger partial charge in [0.25, 0.3) is 0 Å². The molecule has 0 radical (unpaired) electrons. The van der Waals surface area contributed by atoms with E-state index < -0.39 is 0 Å². The van der Waals surface area contributed by atoms with Crippen molar-refractivity contribution >= 4 is 5.69 Å². The molecule has 0 aromatic heterocycles. The van der Waals surface area contributed by atoms with E-state index in [0.29, 0.717) is 39.8 Å².